The maximum atomic E-state index is 12.1. The van der Waals surface area contributed by atoms with Gasteiger partial charge in [0.05, 0.1) is 23.8 Å². The van der Waals surface area contributed by atoms with E-state index in [2.05, 4.69) is 0 Å². The molecule has 1 aromatic carbocycles. The summed E-state index contributed by atoms with van der Waals surface area (Å²) < 4.78 is 12.1. The monoisotopic (exact) mass is 195 g/mol. The highest BCUT2D eigenvalue weighted by atomic mass is 32.2. The maximum absolute atomic E-state index is 12.1. The fourth-order valence-corrected chi connectivity index (χ4v) is 1.25. The zero-order valence-corrected chi connectivity index (χ0v) is 7.69. The van der Waals surface area contributed by atoms with Gasteiger partial charge in [0.1, 0.15) is 0 Å². The summed E-state index contributed by atoms with van der Waals surface area (Å²) in [5.41, 5.74) is 0.551. The second kappa shape index (κ2) is 4.06. The van der Waals surface area contributed by atoms with Crippen LogP contribution in [0.15, 0.2) is 23.1 Å². The molecule has 0 atom stereocenters. The molecule has 66 valence electrons. The first kappa shape index (κ1) is 9.75. The third-order valence-corrected chi connectivity index (χ3v) is 2.01. The van der Waals surface area contributed by atoms with Crippen LogP contribution in [-0.4, -0.2) is 5.78 Å². The molecule has 0 aliphatic rings. The van der Waals surface area contributed by atoms with Gasteiger partial charge >= 0.3 is 0 Å². The number of hydrogen-bond acceptors (Lipinski definition) is 3. The Morgan fingerprint density at radius 3 is 2.77 bits per heavy atom. The van der Waals surface area contributed by atoms with E-state index in [0.717, 1.165) is 0 Å². The first-order valence-electron chi connectivity index (χ1n) is 3.52. The molecule has 0 aliphatic heterocycles. The molecule has 0 N–H and O–H groups in total. The summed E-state index contributed by atoms with van der Waals surface area (Å²) in [4.78, 5) is 11.3. The highest BCUT2D eigenvalue weighted by Crippen LogP contribution is 2.22. The number of hydrogen-bond donors (Lipinski definition) is 0. The van der Waals surface area contributed by atoms with Gasteiger partial charge in [-0.3, -0.25) is 4.79 Å². The Hall–Kier alpha value is -1.34. The second-order valence-corrected chi connectivity index (χ2v) is 3.08. The Labute approximate surface area is 79.7 Å². The van der Waals surface area contributed by atoms with Crippen LogP contribution >= 0.6 is 12.1 Å². The molecule has 0 radical (unpaired) electrons. The quantitative estimate of drug-likeness (QED) is 0.681. The predicted molar refractivity (Wildman–Crippen MR) is 48.1 cm³/mol. The third-order valence-electron chi connectivity index (χ3n) is 1.58. The van der Waals surface area contributed by atoms with Gasteiger partial charge < -0.3 is 0 Å². The maximum Gasteiger partial charge on any atom is 0.161 e. The molecule has 0 amide bonds. The van der Waals surface area contributed by atoms with E-state index in [4.69, 9.17) is 5.26 Å². The fourth-order valence-electron chi connectivity index (χ4n) is 0.971. The lowest BCUT2D eigenvalue weighted by atomic mass is 10.1. The average molecular weight is 195 g/mol. The molecule has 0 fully saturated rings. The number of ketones is 1. The minimum atomic E-state index is -0.188. The molecule has 0 aliphatic carbocycles. The number of carbonyl (C=O) groups is 1. The SMILES string of the molecule is CC(=O)c1ccc(SF)cc1C#N. The van der Waals surface area contributed by atoms with Crippen molar-refractivity contribution in [2.45, 2.75) is 11.8 Å². The standard InChI is InChI=1S/C9H6FNOS/c1-6(12)9-3-2-8(13-10)4-7(9)5-11/h2-4H,1H3. The largest absolute Gasteiger partial charge is 0.294 e. The van der Waals surface area contributed by atoms with E-state index in [-0.39, 0.29) is 23.5 Å². The molecule has 0 saturated heterocycles. The lowest BCUT2D eigenvalue weighted by Gasteiger charge is -1.99. The number of Topliss-reactive ketones (excluding diaryl/α,β-unsaturated/α-hetero) is 1. The second-order valence-electron chi connectivity index (χ2n) is 2.45. The van der Waals surface area contributed by atoms with E-state index in [9.17, 15) is 8.68 Å². The highest BCUT2D eigenvalue weighted by Gasteiger charge is 2.07. The fraction of sp³-hybridized carbons (Fsp3) is 0.111. The molecule has 1 aromatic rings. The molecule has 13 heavy (non-hydrogen) atoms. The van der Waals surface area contributed by atoms with Gasteiger partial charge in [-0.15, -0.1) is 0 Å². The first-order valence-corrected chi connectivity index (χ1v) is 4.24. The normalized spacial score (nSPS) is 9.31. The van der Waals surface area contributed by atoms with Gasteiger partial charge in [-0.05, 0) is 25.1 Å². The van der Waals surface area contributed by atoms with Crippen LogP contribution in [0.5, 0.6) is 0 Å². The van der Waals surface area contributed by atoms with Gasteiger partial charge in [0, 0.05) is 10.5 Å². The van der Waals surface area contributed by atoms with Gasteiger partial charge in [-0.2, -0.15) is 9.15 Å². The van der Waals surface area contributed by atoms with Crippen molar-refractivity contribution in [2.24, 2.45) is 0 Å². The van der Waals surface area contributed by atoms with Crippen LogP contribution in [0.25, 0.3) is 0 Å². The smallest absolute Gasteiger partial charge is 0.161 e. The summed E-state index contributed by atoms with van der Waals surface area (Å²) >= 11 is 0.0563. The van der Waals surface area contributed by atoms with Crippen molar-refractivity contribution in [3.05, 3.63) is 29.3 Å². The van der Waals surface area contributed by atoms with Crippen LogP contribution in [0, 0.1) is 11.3 Å². The Morgan fingerprint density at radius 1 is 1.62 bits per heavy atom. The van der Waals surface area contributed by atoms with Crippen molar-refractivity contribution in [1.82, 2.24) is 0 Å². The van der Waals surface area contributed by atoms with Crippen LogP contribution in [-0.2, 0) is 0 Å². The van der Waals surface area contributed by atoms with Gasteiger partial charge in [0.25, 0.3) is 0 Å². The van der Waals surface area contributed by atoms with E-state index in [1.54, 1.807) is 0 Å². The molecule has 1 rings (SSSR count). The summed E-state index contributed by atoms with van der Waals surface area (Å²) in [6.07, 6.45) is 0. The number of benzene rings is 1. The predicted octanol–water partition coefficient (Wildman–Crippen LogP) is 2.74. The van der Waals surface area contributed by atoms with Crippen molar-refractivity contribution < 1.29 is 8.68 Å². The molecule has 2 nitrogen and oxygen atoms in total. The zero-order chi connectivity index (χ0) is 9.84. The Morgan fingerprint density at radius 2 is 2.31 bits per heavy atom. The number of carbonyl (C=O) groups excluding carboxylic acids is 1. The highest BCUT2D eigenvalue weighted by molar-refractivity contribution is 7.94. The summed E-state index contributed by atoms with van der Waals surface area (Å²) in [6, 6.07) is 6.15. The van der Waals surface area contributed by atoms with Crippen molar-refractivity contribution in [3.8, 4) is 6.07 Å². The van der Waals surface area contributed by atoms with E-state index >= 15 is 0 Å². The first-order chi connectivity index (χ1) is 6.19. The van der Waals surface area contributed by atoms with Gasteiger partial charge in [-0.25, -0.2) is 0 Å². The topological polar surface area (TPSA) is 40.9 Å². The Balaban J connectivity index is 3.26. The van der Waals surface area contributed by atoms with Gasteiger partial charge in [0.2, 0.25) is 0 Å². The molecule has 0 spiro atoms. The number of halogens is 1. The van der Waals surface area contributed by atoms with Crippen LogP contribution < -0.4 is 0 Å². The van der Waals surface area contributed by atoms with Gasteiger partial charge in [0.15, 0.2) is 5.78 Å². The zero-order valence-electron chi connectivity index (χ0n) is 6.87. The summed E-state index contributed by atoms with van der Waals surface area (Å²) in [5, 5.41) is 8.65. The van der Waals surface area contributed by atoms with Gasteiger partial charge in [-0.1, -0.05) is 0 Å². The van der Waals surface area contributed by atoms with Crippen molar-refractivity contribution >= 4 is 17.9 Å². The number of rotatable bonds is 2. The Bertz CT molecular complexity index is 384. The Kier molecular flexibility index (Phi) is 3.04. The molecule has 0 unspecified atom stereocenters. The summed E-state index contributed by atoms with van der Waals surface area (Å²) in [7, 11) is 0. The van der Waals surface area contributed by atoms with E-state index in [1.165, 1.54) is 25.1 Å². The minimum absolute atomic E-state index is 0.0563. The van der Waals surface area contributed by atoms with Crippen molar-refractivity contribution in [3.63, 3.8) is 0 Å². The van der Waals surface area contributed by atoms with Crippen LogP contribution in [0.4, 0.5) is 3.89 Å². The lowest BCUT2D eigenvalue weighted by molar-refractivity contribution is 0.101. The van der Waals surface area contributed by atoms with E-state index in [0.29, 0.717) is 10.5 Å². The van der Waals surface area contributed by atoms with Crippen molar-refractivity contribution in [1.29, 1.82) is 5.26 Å². The molecule has 0 heterocycles. The molecular formula is C9H6FNOS. The summed E-state index contributed by atoms with van der Waals surface area (Å²) in [6.45, 7) is 1.37. The average Bonchev–Trinajstić information content (AvgIpc) is 2.16. The van der Waals surface area contributed by atoms with Crippen LogP contribution in [0.1, 0.15) is 22.8 Å². The lowest BCUT2D eigenvalue weighted by Crippen LogP contribution is -1.96. The molecule has 0 bridgehead atoms. The molecular weight excluding hydrogens is 189 g/mol. The molecule has 0 aromatic heterocycles. The number of nitriles is 1. The van der Waals surface area contributed by atoms with Crippen LogP contribution in [0.2, 0.25) is 0 Å². The number of nitrogens with zero attached hydrogens (tertiary/aromatic N) is 1. The summed E-state index contributed by atoms with van der Waals surface area (Å²) in [5.74, 6) is -0.188. The molecule has 0 saturated carbocycles. The van der Waals surface area contributed by atoms with E-state index in [1.807, 2.05) is 6.07 Å². The van der Waals surface area contributed by atoms with Crippen molar-refractivity contribution in [2.75, 3.05) is 0 Å². The third kappa shape index (κ3) is 2.07. The molecule has 4 heteroatoms. The van der Waals surface area contributed by atoms with Crippen LogP contribution in [0.3, 0.4) is 0 Å². The van der Waals surface area contributed by atoms with E-state index < -0.39 is 0 Å². The minimum Gasteiger partial charge on any atom is -0.294 e.